The highest BCUT2D eigenvalue weighted by atomic mass is 16.6. The van der Waals surface area contributed by atoms with Crippen LogP contribution < -0.4 is 10.1 Å². The summed E-state index contributed by atoms with van der Waals surface area (Å²) in [5.74, 6) is 1.77. The summed E-state index contributed by atoms with van der Waals surface area (Å²) >= 11 is 0. The molecule has 2 atom stereocenters. The van der Waals surface area contributed by atoms with Crippen molar-refractivity contribution in [1.82, 2.24) is 9.88 Å². The van der Waals surface area contributed by atoms with E-state index in [0.717, 1.165) is 81.0 Å². The third-order valence-corrected chi connectivity index (χ3v) is 7.43. The summed E-state index contributed by atoms with van der Waals surface area (Å²) < 4.78 is 17.7. The number of ether oxygens (including phenoxy) is 3. The number of fused-ring (bicyclic) bond motifs is 1. The first-order valence-electron chi connectivity index (χ1n) is 13.9. The van der Waals surface area contributed by atoms with Crippen LogP contribution in [0.2, 0.25) is 0 Å². The lowest BCUT2D eigenvalue weighted by atomic mass is 9.82. The second-order valence-corrected chi connectivity index (χ2v) is 12.0. The predicted octanol–water partition coefficient (Wildman–Crippen LogP) is 5.09. The predicted molar refractivity (Wildman–Crippen MR) is 147 cm³/mol. The van der Waals surface area contributed by atoms with E-state index in [4.69, 9.17) is 19.2 Å². The number of carbonyl (C=O) groups is 1. The first-order valence-corrected chi connectivity index (χ1v) is 13.9. The molecule has 204 valence electrons. The van der Waals surface area contributed by atoms with Gasteiger partial charge in [0, 0.05) is 49.0 Å². The average Bonchev–Trinajstić information content (AvgIpc) is 3.43. The highest BCUT2D eigenvalue weighted by molar-refractivity contribution is 5.81. The summed E-state index contributed by atoms with van der Waals surface area (Å²) in [4.78, 5) is 20.4. The summed E-state index contributed by atoms with van der Waals surface area (Å²) in [7, 11) is 1.74. The summed E-state index contributed by atoms with van der Waals surface area (Å²) in [6, 6.07) is 1.71. The zero-order chi connectivity index (χ0) is 26.6. The molecule has 3 heterocycles. The molecule has 1 unspecified atom stereocenters. The maximum absolute atomic E-state index is 13.3. The molecule has 0 saturated carbocycles. The van der Waals surface area contributed by atoms with Crippen molar-refractivity contribution in [2.24, 2.45) is 5.41 Å². The van der Waals surface area contributed by atoms with Gasteiger partial charge in [0.05, 0.1) is 13.2 Å². The number of hydrogen-bond acceptors (Lipinski definition) is 7. The molecular weight excluding hydrogens is 466 g/mol. The Morgan fingerprint density at radius 3 is 2.81 bits per heavy atom. The molecule has 1 aromatic heterocycles. The summed E-state index contributed by atoms with van der Waals surface area (Å²) in [6.45, 7) is 13.4. The van der Waals surface area contributed by atoms with Gasteiger partial charge in [0.2, 0.25) is 0 Å². The maximum Gasteiger partial charge on any atom is 0.328 e. The standard InChI is InChI=1S/C30H45N3O4/c1-29(2,3)37-28(34)26(24-13-9-15-30(24,4)5)33-17-14-22(20-33)36-18-8-7-11-21-19-25(35-6)23-12-10-16-31-27(23)32-21/h9,13,15,19,22,26H,7-8,10-12,14,16-18,20H2,1-6H3,(H,31,32)/t22-,26?/m1/s1. The maximum atomic E-state index is 13.3. The number of nitrogens with zero attached hydrogens (tertiary/aromatic N) is 2. The van der Waals surface area contributed by atoms with Gasteiger partial charge in [-0.1, -0.05) is 32.1 Å². The van der Waals surface area contributed by atoms with Crippen LogP contribution in [0.1, 0.15) is 71.6 Å². The van der Waals surface area contributed by atoms with Gasteiger partial charge in [-0.05, 0) is 64.9 Å². The number of rotatable bonds is 10. The first-order chi connectivity index (χ1) is 17.6. The highest BCUT2D eigenvalue weighted by Crippen LogP contribution is 2.38. The topological polar surface area (TPSA) is 72.9 Å². The normalized spacial score (nSPS) is 21.8. The fourth-order valence-corrected chi connectivity index (χ4v) is 5.53. The second-order valence-electron chi connectivity index (χ2n) is 12.0. The Kier molecular flexibility index (Phi) is 8.64. The number of anilines is 1. The van der Waals surface area contributed by atoms with Crippen molar-refractivity contribution in [3.05, 3.63) is 41.1 Å². The van der Waals surface area contributed by atoms with Crippen LogP contribution in [0.15, 0.2) is 29.9 Å². The van der Waals surface area contributed by atoms with Gasteiger partial charge in [-0.15, -0.1) is 0 Å². The fraction of sp³-hybridized carbons (Fsp3) is 0.667. The summed E-state index contributed by atoms with van der Waals surface area (Å²) in [5.41, 5.74) is 2.69. The van der Waals surface area contributed by atoms with Gasteiger partial charge in [-0.3, -0.25) is 4.90 Å². The number of hydrogen-bond donors (Lipinski definition) is 1. The monoisotopic (exact) mass is 511 g/mol. The quantitative estimate of drug-likeness (QED) is 0.346. The van der Waals surface area contributed by atoms with Crippen LogP contribution in [-0.2, 0) is 27.1 Å². The smallest absolute Gasteiger partial charge is 0.328 e. The van der Waals surface area contributed by atoms with Crippen molar-refractivity contribution in [2.75, 3.05) is 38.7 Å². The number of esters is 1. The minimum atomic E-state index is -0.519. The van der Waals surface area contributed by atoms with E-state index in [1.807, 2.05) is 20.8 Å². The number of likely N-dealkylation sites (tertiary alicyclic amines) is 1. The fourth-order valence-electron chi connectivity index (χ4n) is 5.53. The minimum Gasteiger partial charge on any atom is -0.496 e. The van der Waals surface area contributed by atoms with Crippen LogP contribution in [0.25, 0.3) is 0 Å². The average molecular weight is 512 g/mol. The van der Waals surface area contributed by atoms with Crippen molar-refractivity contribution < 1.29 is 19.0 Å². The molecule has 1 aliphatic carbocycles. The highest BCUT2D eigenvalue weighted by Gasteiger charge is 2.42. The van der Waals surface area contributed by atoms with Gasteiger partial charge in [0.25, 0.3) is 0 Å². The lowest BCUT2D eigenvalue weighted by Gasteiger charge is -2.35. The molecule has 7 nitrogen and oxygen atoms in total. The third-order valence-electron chi connectivity index (χ3n) is 7.43. The minimum absolute atomic E-state index is 0.133. The van der Waals surface area contributed by atoms with Crippen LogP contribution in [0.4, 0.5) is 5.82 Å². The molecular formula is C30H45N3O4. The van der Waals surface area contributed by atoms with E-state index in [9.17, 15) is 4.79 Å². The van der Waals surface area contributed by atoms with E-state index in [-0.39, 0.29) is 23.5 Å². The van der Waals surface area contributed by atoms with Crippen molar-refractivity contribution in [2.45, 2.75) is 90.9 Å². The zero-order valence-corrected chi connectivity index (χ0v) is 23.6. The second kappa shape index (κ2) is 11.6. The van der Waals surface area contributed by atoms with Crippen molar-refractivity contribution in [1.29, 1.82) is 0 Å². The molecule has 0 aromatic carbocycles. The molecule has 0 amide bonds. The number of carbonyl (C=O) groups excluding carboxylic acids is 1. The van der Waals surface area contributed by atoms with Gasteiger partial charge in [-0.2, -0.15) is 0 Å². The molecule has 1 fully saturated rings. The third kappa shape index (κ3) is 6.94. The van der Waals surface area contributed by atoms with E-state index < -0.39 is 5.60 Å². The number of allylic oxidation sites excluding steroid dienone is 3. The molecule has 0 radical (unpaired) electrons. The van der Waals surface area contributed by atoms with Crippen molar-refractivity contribution >= 4 is 11.8 Å². The van der Waals surface area contributed by atoms with Crippen LogP contribution in [0.5, 0.6) is 5.75 Å². The van der Waals surface area contributed by atoms with Gasteiger partial charge < -0.3 is 19.5 Å². The Hall–Kier alpha value is -2.38. The molecule has 1 aromatic rings. The molecule has 7 heteroatoms. The van der Waals surface area contributed by atoms with Gasteiger partial charge in [-0.25, -0.2) is 9.78 Å². The molecule has 2 aliphatic heterocycles. The van der Waals surface area contributed by atoms with Crippen LogP contribution in [-0.4, -0.2) is 67.0 Å². The Bertz CT molecular complexity index is 1010. The number of aromatic nitrogens is 1. The van der Waals surface area contributed by atoms with Crippen molar-refractivity contribution in [3.8, 4) is 5.75 Å². The first kappa shape index (κ1) is 27.6. The van der Waals surface area contributed by atoms with E-state index in [1.165, 1.54) is 5.56 Å². The van der Waals surface area contributed by atoms with Crippen LogP contribution in [0.3, 0.4) is 0 Å². The number of methoxy groups -OCH3 is 1. The molecule has 1 saturated heterocycles. The molecule has 1 N–H and O–H groups in total. The summed E-state index contributed by atoms with van der Waals surface area (Å²) in [6.07, 6.45) is 12.4. The lowest BCUT2D eigenvalue weighted by molar-refractivity contribution is -0.160. The summed E-state index contributed by atoms with van der Waals surface area (Å²) in [5, 5.41) is 3.41. The molecule has 37 heavy (non-hydrogen) atoms. The number of nitrogens with one attached hydrogen (secondary N) is 1. The molecule has 0 spiro atoms. The Balaban J connectivity index is 1.27. The molecule has 3 aliphatic rings. The van der Waals surface area contributed by atoms with Crippen LogP contribution >= 0.6 is 0 Å². The number of aryl methyl sites for hydroxylation is 1. The Labute approximate surface area is 222 Å². The van der Waals surface area contributed by atoms with Crippen LogP contribution in [0, 0.1) is 5.41 Å². The number of pyridine rings is 1. The van der Waals surface area contributed by atoms with E-state index >= 15 is 0 Å². The Morgan fingerprint density at radius 1 is 1.30 bits per heavy atom. The Morgan fingerprint density at radius 2 is 2.11 bits per heavy atom. The molecule has 0 bridgehead atoms. The van der Waals surface area contributed by atoms with Gasteiger partial charge in [0.15, 0.2) is 0 Å². The van der Waals surface area contributed by atoms with Gasteiger partial charge >= 0.3 is 5.97 Å². The lowest BCUT2D eigenvalue weighted by Crippen LogP contribution is -2.47. The van der Waals surface area contributed by atoms with E-state index in [2.05, 4.69) is 48.4 Å². The largest absolute Gasteiger partial charge is 0.496 e. The number of unbranched alkanes of at least 4 members (excludes halogenated alkanes) is 1. The van der Waals surface area contributed by atoms with Crippen molar-refractivity contribution in [3.63, 3.8) is 0 Å². The van der Waals surface area contributed by atoms with E-state index in [1.54, 1.807) is 7.11 Å². The van der Waals surface area contributed by atoms with E-state index in [0.29, 0.717) is 6.61 Å². The molecule has 4 rings (SSSR count). The SMILES string of the molecule is COc1cc(CCCCO[C@@H]2CCN(C(C(=O)OC(C)(C)C)C3=CC=CC3(C)C)C2)nc2c1CCCN2. The zero-order valence-electron chi connectivity index (χ0n) is 23.6. The van der Waals surface area contributed by atoms with Gasteiger partial charge in [0.1, 0.15) is 23.2 Å².